The van der Waals surface area contributed by atoms with E-state index in [0.29, 0.717) is 24.3 Å². The molecule has 4 aromatic rings. The van der Waals surface area contributed by atoms with Crippen molar-refractivity contribution in [2.75, 3.05) is 52.5 Å². The van der Waals surface area contributed by atoms with E-state index in [1.54, 1.807) is 24.3 Å². The number of benzene rings is 4. The van der Waals surface area contributed by atoms with E-state index < -0.39 is 0 Å². The average Bonchev–Trinajstić information content (AvgIpc) is 3.17. The van der Waals surface area contributed by atoms with Crippen molar-refractivity contribution in [3.63, 3.8) is 0 Å². The second-order valence-corrected chi connectivity index (χ2v) is 13.0. The number of nitrogens with zero attached hydrogens (tertiary/aromatic N) is 2. The molecule has 0 spiro atoms. The van der Waals surface area contributed by atoms with Crippen molar-refractivity contribution in [2.24, 2.45) is 11.8 Å². The van der Waals surface area contributed by atoms with E-state index in [9.17, 15) is 18.4 Å². The van der Waals surface area contributed by atoms with E-state index in [1.165, 1.54) is 24.3 Å². The van der Waals surface area contributed by atoms with E-state index >= 15 is 0 Å². The number of halogens is 4. The molecule has 2 fully saturated rings. The Hall–Kier alpha value is -3.86. The lowest BCUT2D eigenvalue weighted by Gasteiger charge is -2.31. The van der Waals surface area contributed by atoms with Gasteiger partial charge in [-0.1, -0.05) is 36.4 Å². The van der Waals surface area contributed by atoms with Crippen molar-refractivity contribution in [3.8, 4) is 11.5 Å². The van der Waals surface area contributed by atoms with Crippen LogP contribution in [-0.4, -0.2) is 79.3 Å². The molecule has 2 aliphatic rings. The molecule has 0 bridgehead atoms. The van der Waals surface area contributed by atoms with Gasteiger partial charge in [-0.2, -0.15) is 0 Å². The first-order chi connectivity index (χ1) is 24.4. The van der Waals surface area contributed by atoms with Gasteiger partial charge in [0, 0.05) is 36.1 Å². The van der Waals surface area contributed by atoms with E-state index in [0.717, 1.165) is 89.3 Å². The number of hydrogen-bond donors (Lipinski definition) is 0. The van der Waals surface area contributed by atoms with Crippen molar-refractivity contribution < 1.29 is 33.3 Å². The molecule has 0 aliphatic carbocycles. The summed E-state index contributed by atoms with van der Waals surface area (Å²) in [6.45, 7) is 7.13. The van der Waals surface area contributed by atoms with E-state index in [2.05, 4.69) is 9.80 Å². The Bertz CT molecular complexity index is 1460. The highest BCUT2D eigenvalue weighted by atomic mass is 35.5. The second kappa shape index (κ2) is 24.5. The summed E-state index contributed by atoms with van der Waals surface area (Å²) >= 11 is 0. The standard InChI is InChI=1S/2C21H24FNO2.2ClH.H2O/c2*22-19-9-7-17(8-10-19)21(24)18-11-14-23(15-12-18)13-4-16-25-20-5-2-1-3-6-20;;;/h2*1-3,5-10,18H,4,11-16H2;2*1H;1H2. The molecule has 53 heavy (non-hydrogen) atoms. The summed E-state index contributed by atoms with van der Waals surface area (Å²) in [5, 5.41) is 0. The van der Waals surface area contributed by atoms with E-state index in [1.807, 2.05) is 60.7 Å². The maximum atomic E-state index is 13.0. The Kier molecular flexibility index (Phi) is 20.9. The molecule has 0 radical (unpaired) electrons. The molecule has 2 saturated heterocycles. The van der Waals surface area contributed by atoms with Gasteiger partial charge in [-0.3, -0.25) is 9.59 Å². The lowest BCUT2D eigenvalue weighted by molar-refractivity contribution is 0.0829. The molecule has 288 valence electrons. The third kappa shape index (κ3) is 15.2. The molecule has 0 unspecified atom stereocenters. The first kappa shape index (κ1) is 45.3. The van der Waals surface area contributed by atoms with Gasteiger partial charge in [0.25, 0.3) is 0 Å². The van der Waals surface area contributed by atoms with Gasteiger partial charge in [0.1, 0.15) is 23.1 Å². The highest BCUT2D eigenvalue weighted by Crippen LogP contribution is 2.24. The van der Waals surface area contributed by atoms with Crippen LogP contribution in [0, 0.1) is 23.5 Å². The van der Waals surface area contributed by atoms with Gasteiger partial charge in [-0.25, -0.2) is 8.78 Å². The number of rotatable bonds is 14. The highest BCUT2D eigenvalue weighted by molar-refractivity contribution is 5.98. The Morgan fingerprint density at radius 1 is 0.528 bits per heavy atom. The minimum absolute atomic E-state index is 0. The molecule has 6 rings (SSSR count). The number of carbonyl (C=O) groups excluding carboxylic acids is 2. The summed E-state index contributed by atoms with van der Waals surface area (Å²) in [7, 11) is 0. The van der Waals surface area contributed by atoms with E-state index in [-0.39, 0.29) is 65.3 Å². The fraction of sp³-hybridized carbons (Fsp3) is 0.381. The van der Waals surface area contributed by atoms with Crippen molar-refractivity contribution in [1.82, 2.24) is 9.80 Å². The fourth-order valence-corrected chi connectivity index (χ4v) is 6.53. The number of Topliss-reactive ketones (excluding diaryl/α,β-unsaturated/α-hetero) is 2. The fourth-order valence-electron chi connectivity index (χ4n) is 6.53. The molecule has 7 nitrogen and oxygen atoms in total. The predicted molar refractivity (Wildman–Crippen MR) is 211 cm³/mol. The first-order valence-electron chi connectivity index (χ1n) is 17.8. The van der Waals surface area contributed by atoms with Gasteiger partial charge in [-0.15, -0.1) is 24.8 Å². The van der Waals surface area contributed by atoms with Crippen molar-refractivity contribution in [1.29, 1.82) is 0 Å². The van der Waals surface area contributed by atoms with Gasteiger partial charge in [0.2, 0.25) is 0 Å². The predicted octanol–water partition coefficient (Wildman–Crippen LogP) is 8.40. The molecule has 0 aromatic heterocycles. The first-order valence-corrected chi connectivity index (χ1v) is 17.8. The minimum Gasteiger partial charge on any atom is -0.494 e. The smallest absolute Gasteiger partial charge is 0.166 e. The summed E-state index contributed by atoms with van der Waals surface area (Å²) in [5.74, 6) is 1.62. The summed E-state index contributed by atoms with van der Waals surface area (Å²) in [4.78, 5) is 29.7. The number of hydrogen-bond acceptors (Lipinski definition) is 6. The summed E-state index contributed by atoms with van der Waals surface area (Å²) in [5.41, 5.74) is 1.24. The molecule has 11 heteroatoms. The normalized spacial score (nSPS) is 15.0. The molecule has 2 heterocycles. The van der Waals surface area contributed by atoms with Crippen LogP contribution in [-0.2, 0) is 0 Å². The van der Waals surface area contributed by atoms with Gasteiger partial charge in [0.15, 0.2) is 11.6 Å². The van der Waals surface area contributed by atoms with Crippen LogP contribution >= 0.6 is 24.8 Å². The molecule has 2 N–H and O–H groups in total. The molecule has 0 atom stereocenters. The Labute approximate surface area is 324 Å². The largest absolute Gasteiger partial charge is 0.494 e. The van der Waals surface area contributed by atoms with Crippen molar-refractivity contribution in [3.05, 3.63) is 132 Å². The number of piperidine rings is 2. The topological polar surface area (TPSA) is 90.6 Å². The number of ketones is 2. The van der Waals surface area contributed by atoms with Crippen LogP contribution in [0.5, 0.6) is 11.5 Å². The Morgan fingerprint density at radius 2 is 0.849 bits per heavy atom. The highest BCUT2D eigenvalue weighted by Gasteiger charge is 2.26. The van der Waals surface area contributed by atoms with Gasteiger partial charge in [-0.05, 0) is 138 Å². The summed E-state index contributed by atoms with van der Waals surface area (Å²) in [6.07, 6.45) is 5.44. The number of carbonyl (C=O) groups is 2. The lowest BCUT2D eigenvalue weighted by atomic mass is 9.89. The van der Waals surface area contributed by atoms with Crippen molar-refractivity contribution in [2.45, 2.75) is 38.5 Å². The second-order valence-electron chi connectivity index (χ2n) is 13.0. The number of para-hydroxylation sites is 2. The zero-order valence-electron chi connectivity index (χ0n) is 30.0. The Morgan fingerprint density at radius 3 is 1.17 bits per heavy atom. The minimum atomic E-state index is -0.302. The van der Waals surface area contributed by atoms with Gasteiger partial charge in [0.05, 0.1) is 13.2 Å². The van der Waals surface area contributed by atoms with Crippen LogP contribution < -0.4 is 9.47 Å². The molecular weight excluding hydrogens is 721 g/mol. The maximum absolute atomic E-state index is 13.0. The van der Waals surface area contributed by atoms with Gasteiger partial charge >= 0.3 is 0 Å². The van der Waals surface area contributed by atoms with Gasteiger partial charge < -0.3 is 24.7 Å². The molecule has 2 aliphatic heterocycles. The third-order valence-corrected chi connectivity index (χ3v) is 9.44. The summed E-state index contributed by atoms with van der Waals surface area (Å²) < 4.78 is 37.4. The van der Waals surface area contributed by atoms with Crippen LogP contribution in [0.3, 0.4) is 0 Å². The van der Waals surface area contributed by atoms with Crippen LogP contribution in [0.4, 0.5) is 8.78 Å². The SMILES string of the molecule is Cl.Cl.O.O=C(c1ccc(F)cc1)C1CCN(CCCOc2ccccc2)CC1.O=C(c1ccc(F)cc1)C1CCN(CCCOc2ccccc2)CC1. The molecular formula is C42H52Cl2F2N2O5. The van der Waals surface area contributed by atoms with Crippen LogP contribution in [0.25, 0.3) is 0 Å². The maximum Gasteiger partial charge on any atom is 0.166 e. The van der Waals surface area contributed by atoms with E-state index in [4.69, 9.17) is 9.47 Å². The van der Waals surface area contributed by atoms with Crippen LogP contribution in [0.15, 0.2) is 109 Å². The van der Waals surface area contributed by atoms with Crippen LogP contribution in [0.2, 0.25) is 0 Å². The average molecular weight is 774 g/mol. The number of likely N-dealkylation sites (tertiary alicyclic amines) is 2. The lowest BCUT2D eigenvalue weighted by Crippen LogP contribution is -2.37. The third-order valence-electron chi connectivity index (χ3n) is 9.44. The Balaban J connectivity index is 0.000000347. The summed E-state index contributed by atoms with van der Waals surface area (Å²) in [6, 6.07) is 31.5. The molecule has 0 amide bonds. The van der Waals surface area contributed by atoms with Crippen molar-refractivity contribution >= 4 is 36.4 Å². The zero-order valence-corrected chi connectivity index (χ0v) is 31.7. The monoisotopic (exact) mass is 772 g/mol. The molecule has 0 saturated carbocycles. The van der Waals surface area contributed by atoms with Crippen LogP contribution in [0.1, 0.15) is 59.2 Å². The quantitative estimate of drug-likeness (QED) is 0.0945. The number of ether oxygens (including phenoxy) is 2. The zero-order chi connectivity index (χ0) is 35.0. The molecule has 4 aromatic carbocycles.